The van der Waals surface area contributed by atoms with Crippen molar-refractivity contribution in [1.29, 1.82) is 0 Å². The number of carbonyl (C=O) groups is 2. The van der Waals surface area contributed by atoms with Gasteiger partial charge in [0.05, 0.1) is 0 Å². The Bertz CT molecular complexity index is 547. The van der Waals surface area contributed by atoms with Crippen LogP contribution in [-0.4, -0.2) is 17.0 Å². The number of amides is 1. The molecule has 6 heteroatoms. The zero-order valence-electron chi connectivity index (χ0n) is 11.1. The van der Waals surface area contributed by atoms with Gasteiger partial charge in [-0.3, -0.25) is 4.79 Å². The minimum Gasteiger partial charge on any atom is -0.477 e. The highest BCUT2D eigenvalue weighted by Gasteiger charge is 2.02. The molecule has 1 amide bonds. The number of aliphatic carboxylic acids is 1. The molecule has 0 heterocycles. The number of benzene rings is 1. The predicted octanol–water partition coefficient (Wildman–Crippen LogP) is 1.18. The smallest absolute Gasteiger partial charge is 0.353 e. The number of carboxylic acids is 1. The van der Waals surface area contributed by atoms with Crippen LogP contribution in [-0.2, 0) is 16.1 Å². The standard InChI is InChI=1S/C14H17N3O3/c1-9(2)13(18)17-7-10-3-5-11(6-4-10)16-8-12(15)14(19)20/h3-6,8,16H,1,7,15H2,2H3,(H,17,18)(H,19,20)/b12-8-. The van der Waals surface area contributed by atoms with Gasteiger partial charge < -0.3 is 21.5 Å². The van der Waals surface area contributed by atoms with Crippen LogP contribution in [0.4, 0.5) is 5.69 Å². The molecule has 0 aliphatic carbocycles. The first kappa shape index (κ1) is 15.3. The average Bonchev–Trinajstić information content (AvgIpc) is 2.42. The summed E-state index contributed by atoms with van der Waals surface area (Å²) >= 11 is 0. The summed E-state index contributed by atoms with van der Waals surface area (Å²) < 4.78 is 0. The SMILES string of the molecule is C=C(C)C(=O)NCc1ccc(N/C=C(\N)C(=O)O)cc1. The van der Waals surface area contributed by atoms with Gasteiger partial charge in [-0.15, -0.1) is 0 Å². The number of carboxylic acid groups (broad SMARTS) is 1. The van der Waals surface area contributed by atoms with Crippen molar-refractivity contribution in [2.24, 2.45) is 5.73 Å². The van der Waals surface area contributed by atoms with Gasteiger partial charge in [0.1, 0.15) is 5.70 Å². The van der Waals surface area contributed by atoms with E-state index in [0.717, 1.165) is 5.56 Å². The molecule has 106 valence electrons. The van der Waals surface area contributed by atoms with E-state index in [2.05, 4.69) is 17.2 Å². The second-order valence-electron chi connectivity index (χ2n) is 4.21. The molecule has 0 bridgehead atoms. The highest BCUT2D eigenvalue weighted by Crippen LogP contribution is 2.09. The fourth-order valence-corrected chi connectivity index (χ4v) is 1.27. The first-order chi connectivity index (χ1) is 9.40. The van der Waals surface area contributed by atoms with Crippen LogP contribution in [0.15, 0.2) is 48.3 Å². The fraction of sp³-hybridized carbons (Fsp3) is 0.143. The Kier molecular flexibility index (Phi) is 5.34. The van der Waals surface area contributed by atoms with E-state index in [9.17, 15) is 9.59 Å². The molecule has 0 saturated carbocycles. The average molecular weight is 275 g/mol. The van der Waals surface area contributed by atoms with Crippen LogP contribution >= 0.6 is 0 Å². The first-order valence-corrected chi connectivity index (χ1v) is 5.88. The number of nitrogens with two attached hydrogens (primary N) is 1. The molecule has 0 unspecified atom stereocenters. The Hall–Kier alpha value is -2.76. The van der Waals surface area contributed by atoms with Gasteiger partial charge in [-0.2, -0.15) is 0 Å². The van der Waals surface area contributed by atoms with Crippen LogP contribution < -0.4 is 16.4 Å². The highest BCUT2D eigenvalue weighted by atomic mass is 16.4. The van der Waals surface area contributed by atoms with Gasteiger partial charge in [0, 0.05) is 24.0 Å². The summed E-state index contributed by atoms with van der Waals surface area (Å²) in [5.74, 6) is -1.37. The molecule has 20 heavy (non-hydrogen) atoms. The van der Waals surface area contributed by atoms with Crippen molar-refractivity contribution in [3.63, 3.8) is 0 Å². The van der Waals surface area contributed by atoms with E-state index in [-0.39, 0.29) is 11.6 Å². The number of nitrogens with one attached hydrogen (secondary N) is 2. The maximum Gasteiger partial charge on any atom is 0.353 e. The molecule has 5 N–H and O–H groups in total. The summed E-state index contributed by atoms with van der Waals surface area (Å²) in [6.45, 7) is 5.59. The molecule has 0 radical (unpaired) electrons. The van der Waals surface area contributed by atoms with Crippen molar-refractivity contribution in [3.05, 3.63) is 53.9 Å². The maximum absolute atomic E-state index is 11.3. The lowest BCUT2D eigenvalue weighted by Gasteiger charge is -2.06. The maximum atomic E-state index is 11.3. The van der Waals surface area contributed by atoms with Crippen molar-refractivity contribution < 1.29 is 14.7 Å². The van der Waals surface area contributed by atoms with Crippen LogP contribution in [0.5, 0.6) is 0 Å². The largest absolute Gasteiger partial charge is 0.477 e. The third-order valence-corrected chi connectivity index (χ3v) is 2.44. The molecule has 0 spiro atoms. The second kappa shape index (κ2) is 6.98. The van der Waals surface area contributed by atoms with Crippen molar-refractivity contribution >= 4 is 17.6 Å². The molecule has 1 rings (SSSR count). The number of rotatable bonds is 6. The monoisotopic (exact) mass is 275 g/mol. The van der Waals surface area contributed by atoms with Gasteiger partial charge in [0.15, 0.2) is 0 Å². The van der Waals surface area contributed by atoms with Crippen LogP contribution in [0.2, 0.25) is 0 Å². The molecule has 0 saturated heterocycles. The molecule has 0 aliphatic heterocycles. The van der Waals surface area contributed by atoms with Crippen molar-refractivity contribution in [3.8, 4) is 0 Å². The second-order valence-corrected chi connectivity index (χ2v) is 4.21. The van der Waals surface area contributed by atoms with E-state index < -0.39 is 5.97 Å². The van der Waals surface area contributed by atoms with Gasteiger partial charge >= 0.3 is 5.97 Å². The zero-order valence-corrected chi connectivity index (χ0v) is 11.1. The lowest BCUT2D eigenvalue weighted by molar-refractivity contribution is -0.132. The molecular formula is C14H17N3O3. The third-order valence-electron chi connectivity index (χ3n) is 2.44. The van der Waals surface area contributed by atoms with E-state index >= 15 is 0 Å². The summed E-state index contributed by atoms with van der Waals surface area (Å²) in [7, 11) is 0. The lowest BCUT2D eigenvalue weighted by atomic mass is 10.2. The molecule has 0 atom stereocenters. The predicted molar refractivity (Wildman–Crippen MR) is 76.6 cm³/mol. The number of hydrogen-bond acceptors (Lipinski definition) is 4. The van der Waals surface area contributed by atoms with Gasteiger partial charge in [-0.25, -0.2) is 4.79 Å². The number of anilines is 1. The van der Waals surface area contributed by atoms with E-state index in [1.807, 2.05) is 12.1 Å². The van der Waals surface area contributed by atoms with Crippen molar-refractivity contribution in [2.45, 2.75) is 13.5 Å². The zero-order chi connectivity index (χ0) is 15.1. The summed E-state index contributed by atoms with van der Waals surface area (Å²) in [6.07, 6.45) is 1.21. The Labute approximate surface area is 117 Å². The van der Waals surface area contributed by atoms with Gasteiger partial charge in [0.25, 0.3) is 0 Å². The van der Waals surface area contributed by atoms with Crippen LogP contribution in [0.3, 0.4) is 0 Å². The van der Waals surface area contributed by atoms with Crippen LogP contribution in [0.1, 0.15) is 12.5 Å². The fourth-order valence-electron chi connectivity index (χ4n) is 1.27. The third kappa shape index (κ3) is 4.85. The Morgan fingerprint density at radius 3 is 2.45 bits per heavy atom. The Balaban J connectivity index is 2.56. The van der Waals surface area contributed by atoms with E-state index in [1.54, 1.807) is 19.1 Å². The molecular weight excluding hydrogens is 258 g/mol. The molecule has 0 fully saturated rings. The Morgan fingerprint density at radius 1 is 1.35 bits per heavy atom. The summed E-state index contributed by atoms with van der Waals surface area (Å²) in [5.41, 5.74) is 7.04. The molecule has 6 nitrogen and oxygen atoms in total. The van der Waals surface area contributed by atoms with E-state index in [0.29, 0.717) is 17.8 Å². The number of hydrogen-bond donors (Lipinski definition) is 4. The highest BCUT2D eigenvalue weighted by molar-refractivity contribution is 5.92. The van der Waals surface area contributed by atoms with Gasteiger partial charge in [0.2, 0.25) is 5.91 Å². The summed E-state index contributed by atoms with van der Waals surface area (Å²) in [6, 6.07) is 7.14. The van der Waals surface area contributed by atoms with Crippen LogP contribution in [0.25, 0.3) is 0 Å². The van der Waals surface area contributed by atoms with Crippen LogP contribution in [0, 0.1) is 0 Å². The summed E-state index contributed by atoms with van der Waals surface area (Å²) in [5, 5.41) is 14.1. The van der Waals surface area contributed by atoms with Gasteiger partial charge in [-0.1, -0.05) is 18.7 Å². The minimum atomic E-state index is -1.18. The molecule has 0 aliphatic rings. The van der Waals surface area contributed by atoms with Gasteiger partial charge in [-0.05, 0) is 24.6 Å². The lowest BCUT2D eigenvalue weighted by Crippen LogP contribution is -2.22. The quantitative estimate of drug-likeness (QED) is 0.583. The van der Waals surface area contributed by atoms with Crippen molar-refractivity contribution in [1.82, 2.24) is 5.32 Å². The Morgan fingerprint density at radius 2 is 1.95 bits per heavy atom. The van der Waals surface area contributed by atoms with E-state index in [1.165, 1.54) is 6.20 Å². The number of carbonyl (C=O) groups excluding carboxylic acids is 1. The molecule has 0 aromatic heterocycles. The minimum absolute atomic E-state index is 0.190. The molecule has 1 aromatic carbocycles. The summed E-state index contributed by atoms with van der Waals surface area (Å²) in [4.78, 5) is 21.8. The normalized spacial score (nSPS) is 10.8. The van der Waals surface area contributed by atoms with Crippen molar-refractivity contribution in [2.75, 3.05) is 5.32 Å². The molecule has 1 aromatic rings. The van der Waals surface area contributed by atoms with E-state index in [4.69, 9.17) is 10.8 Å². The first-order valence-electron chi connectivity index (χ1n) is 5.88. The topological polar surface area (TPSA) is 104 Å².